The van der Waals surface area contributed by atoms with Crippen LogP contribution in [0.25, 0.3) is 11.3 Å². The van der Waals surface area contributed by atoms with E-state index in [1.165, 1.54) is 11.8 Å². The summed E-state index contributed by atoms with van der Waals surface area (Å²) in [6.45, 7) is 1.16. The molecule has 8 heteroatoms. The van der Waals surface area contributed by atoms with Gasteiger partial charge in [0.25, 0.3) is 5.91 Å². The molecule has 2 aromatic carbocycles. The highest BCUT2D eigenvalue weighted by molar-refractivity contribution is 7.98. The van der Waals surface area contributed by atoms with Gasteiger partial charge >= 0.3 is 5.97 Å². The highest BCUT2D eigenvalue weighted by atomic mass is 35.5. The minimum Gasteiger partial charge on any atom is -0.452 e. The van der Waals surface area contributed by atoms with E-state index >= 15 is 0 Å². The molecule has 144 valence electrons. The van der Waals surface area contributed by atoms with Crippen molar-refractivity contribution >= 4 is 40.9 Å². The third-order valence-electron chi connectivity index (χ3n) is 3.91. The number of ether oxygens (including phenoxy) is 1. The molecule has 28 heavy (non-hydrogen) atoms. The number of nitrogens with one attached hydrogen (secondary N) is 1. The van der Waals surface area contributed by atoms with E-state index in [-0.39, 0.29) is 17.0 Å². The molecule has 0 aliphatic heterocycles. The van der Waals surface area contributed by atoms with E-state index in [2.05, 4.69) is 10.5 Å². The van der Waals surface area contributed by atoms with Gasteiger partial charge < -0.3 is 14.6 Å². The first kappa shape index (κ1) is 20.0. The van der Waals surface area contributed by atoms with Gasteiger partial charge in [0.15, 0.2) is 6.61 Å². The minimum absolute atomic E-state index is 0.144. The summed E-state index contributed by atoms with van der Waals surface area (Å²) in [6.07, 6.45) is 1.91. The summed E-state index contributed by atoms with van der Waals surface area (Å²) in [5, 5.41) is 7.08. The van der Waals surface area contributed by atoms with E-state index in [0.29, 0.717) is 16.3 Å². The molecule has 0 spiro atoms. The van der Waals surface area contributed by atoms with E-state index in [9.17, 15) is 9.59 Å². The maximum atomic E-state index is 12.6. The van der Waals surface area contributed by atoms with E-state index in [1.54, 1.807) is 37.3 Å². The number of rotatable bonds is 6. The van der Waals surface area contributed by atoms with Crippen molar-refractivity contribution in [3.63, 3.8) is 0 Å². The van der Waals surface area contributed by atoms with Gasteiger partial charge in [-0.25, -0.2) is 4.79 Å². The third kappa shape index (κ3) is 4.37. The number of anilines is 1. The van der Waals surface area contributed by atoms with E-state index in [1.807, 2.05) is 24.5 Å². The Bertz CT molecular complexity index is 1020. The van der Waals surface area contributed by atoms with Crippen LogP contribution in [0.3, 0.4) is 0 Å². The number of aromatic nitrogens is 1. The number of hydrogen-bond donors (Lipinski definition) is 1. The van der Waals surface area contributed by atoms with Gasteiger partial charge in [-0.2, -0.15) is 0 Å². The summed E-state index contributed by atoms with van der Waals surface area (Å²) in [5.74, 6) is -0.863. The summed E-state index contributed by atoms with van der Waals surface area (Å²) in [4.78, 5) is 25.7. The van der Waals surface area contributed by atoms with Crippen LogP contribution in [-0.4, -0.2) is 29.9 Å². The number of para-hydroxylation sites is 1. The number of halogens is 1. The fraction of sp³-hybridized carbons (Fsp3) is 0.150. The first-order valence-corrected chi connectivity index (χ1v) is 9.92. The number of thioether (sulfide) groups is 1. The normalized spacial score (nSPS) is 10.5. The summed E-state index contributed by atoms with van der Waals surface area (Å²) < 4.78 is 10.3. The van der Waals surface area contributed by atoms with E-state index < -0.39 is 18.5 Å². The molecular formula is C20H17ClN2O4S. The van der Waals surface area contributed by atoms with Crippen LogP contribution < -0.4 is 5.32 Å². The molecule has 0 aliphatic rings. The number of hydrogen-bond acceptors (Lipinski definition) is 6. The molecule has 0 radical (unpaired) electrons. The van der Waals surface area contributed by atoms with Crippen molar-refractivity contribution in [1.82, 2.24) is 5.16 Å². The Morgan fingerprint density at radius 1 is 1.18 bits per heavy atom. The zero-order valence-corrected chi connectivity index (χ0v) is 16.8. The SMILES string of the molecule is CSc1ccccc1NC(=O)COC(=O)c1c(-c2ccccc2Cl)noc1C. The van der Waals surface area contributed by atoms with Gasteiger partial charge in [0.05, 0.1) is 10.7 Å². The molecule has 0 bridgehead atoms. The molecular weight excluding hydrogens is 400 g/mol. The Morgan fingerprint density at radius 2 is 1.89 bits per heavy atom. The zero-order chi connectivity index (χ0) is 20.1. The quantitative estimate of drug-likeness (QED) is 0.458. The lowest BCUT2D eigenvalue weighted by molar-refractivity contribution is -0.119. The van der Waals surface area contributed by atoms with Crippen LogP contribution in [0.15, 0.2) is 57.9 Å². The predicted octanol–water partition coefficient (Wildman–Crippen LogP) is 4.82. The number of benzene rings is 2. The molecule has 0 saturated heterocycles. The predicted molar refractivity (Wildman–Crippen MR) is 109 cm³/mol. The Labute approximate surface area is 171 Å². The molecule has 6 nitrogen and oxygen atoms in total. The highest BCUT2D eigenvalue weighted by Crippen LogP contribution is 2.31. The number of aryl methyl sites for hydroxylation is 1. The van der Waals surface area contributed by atoms with Gasteiger partial charge in [-0.15, -0.1) is 11.8 Å². The summed E-state index contributed by atoms with van der Waals surface area (Å²) in [7, 11) is 0. The fourth-order valence-corrected chi connectivity index (χ4v) is 3.37. The number of carbonyl (C=O) groups excluding carboxylic acids is 2. The Morgan fingerprint density at radius 3 is 2.64 bits per heavy atom. The van der Waals surface area contributed by atoms with Crippen LogP contribution in [0.4, 0.5) is 5.69 Å². The highest BCUT2D eigenvalue weighted by Gasteiger charge is 2.25. The van der Waals surface area contributed by atoms with Gasteiger partial charge in [-0.1, -0.05) is 47.1 Å². The first-order valence-electron chi connectivity index (χ1n) is 8.32. The van der Waals surface area contributed by atoms with Crippen molar-refractivity contribution < 1.29 is 18.8 Å². The Balaban J connectivity index is 1.71. The van der Waals surface area contributed by atoms with Crippen molar-refractivity contribution in [3.8, 4) is 11.3 Å². The number of carbonyl (C=O) groups is 2. The van der Waals surface area contributed by atoms with Gasteiger partial charge in [0.2, 0.25) is 0 Å². The smallest absolute Gasteiger partial charge is 0.344 e. The van der Waals surface area contributed by atoms with Crippen LogP contribution in [0.2, 0.25) is 5.02 Å². The summed E-state index contributed by atoms with van der Waals surface area (Å²) in [6, 6.07) is 14.3. The lowest BCUT2D eigenvalue weighted by atomic mass is 10.1. The molecule has 3 rings (SSSR count). The zero-order valence-electron chi connectivity index (χ0n) is 15.2. The summed E-state index contributed by atoms with van der Waals surface area (Å²) in [5.41, 5.74) is 1.63. The largest absolute Gasteiger partial charge is 0.452 e. The van der Waals surface area contributed by atoms with E-state index in [4.69, 9.17) is 20.9 Å². The molecule has 0 aliphatic carbocycles. The van der Waals surface area contributed by atoms with Crippen LogP contribution in [-0.2, 0) is 9.53 Å². The Kier molecular flexibility index (Phi) is 6.38. The van der Waals surface area contributed by atoms with Crippen LogP contribution in [0.1, 0.15) is 16.1 Å². The van der Waals surface area contributed by atoms with Crippen LogP contribution >= 0.6 is 23.4 Å². The molecule has 1 heterocycles. The van der Waals surface area contributed by atoms with Gasteiger partial charge in [-0.3, -0.25) is 4.79 Å². The summed E-state index contributed by atoms with van der Waals surface area (Å²) >= 11 is 7.70. The fourth-order valence-electron chi connectivity index (χ4n) is 2.59. The second-order valence-electron chi connectivity index (χ2n) is 5.77. The Hall–Kier alpha value is -2.77. The van der Waals surface area contributed by atoms with Crippen molar-refractivity contribution in [2.75, 3.05) is 18.2 Å². The molecule has 3 aromatic rings. The second-order valence-corrected chi connectivity index (χ2v) is 7.02. The second kappa shape index (κ2) is 8.95. The molecule has 0 saturated carbocycles. The average Bonchev–Trinajstić information content (AvgIpc) is 3.08. The number of nitrogens with zero attached hydrogens (tertiary/aromatic N) is 1. The minimum atomic E-state index is -0.707. The number of amides is 1. The number of esters is 1. The lowest BCUT2D eigenvalue weighted by Gasteiger charge is -2.10. The average molecular weight is 417 g/mol. The standard InChI is InChI=1S/C20H17ClN2O4S/c1-12-18(19(23-27-12)13-7-3-4-8-14(13)21)20(25)26-11-17(24)22-15-9-5-6-10-16(15)28-2/h3-10H,11H2,1-2H3,(H,22,24). The molecule has 0 unspecified atom stereocenters. The van der Waals surface area contributed by atoms with Crippen LogP contribution in [0.5, 0.6) is 0 Å². The van der Waals surface area contributed by atoms with Gasteiger partial charge in [0.1, 0.15) is 17.0 Å². The maximum absolute atomic E-state index is 12.6. The molecule has 1 aromatic heterocycles. The van der Waals surface area contributed by atoms with Crippen molar-refractivity contribution in [2.24, 2.45) is 0 Å². The van der Waals surface area contributed by atoms with Crippen molar-refractivity contribution in [1.29, 1.82) is 0 Å². The topological polar surface area (TPSA) is 81.4 Å². The lowest BCUT2D eigenvalue weighted by Crippen LogP contribution is -2.21. The van der Waals surface area contributed by atoms with Crippen molar-refractivity contribution in [3.05, 3.63) is 64.9 Å². The molecule has 0 atom stereocenters. The monoisotopic (exact) mass is 416 g/mol. The van der Waals surface area contributed by atoms with Gasteiger partial charge in [-0.05, 0) is 31.4 Å². The molecule has 1 N–H and O–H groups in total. The molecule has 0 fully saturated rings. The van der Waals surface area contributed by atoms with E-state index in [0.717, 1.165) is 4.90 Å². The van der Waals surface area contributed by atoms with Gasteiger partial charge in [0, 0.05) is 10.5 Å². The van der Waals surface area contributed by atoms with Crippen molar-refractivity contribution in [2.45, 2.75) is 11.8 Å². The first-order chi connectivity index (χ1) is 13.5. The third-order valence-corrected chi connectivity index (χ3v) is 5.04. The molecule has 1 amide bonds. The maximum Gasteiger partial charge on any atom is 0.344 e. The van der Waals surface area contributed by atoms with Crippen LogP contribution in [0, 0.1) is 6.92 Å².